The molecule has 1 amide bonds. The zero-order valence-corrected chi connectivity index (χ0v) is 17.7. The maximum atomic E-state index is 13.3. The predicted molar refractivity (Wildman–Crippen MR) is 113 cm³/mol. The average molecular weight is 413 g/mol. The number of carbonyl (C=O) groups is 1. The number of aromatic nitrogens is 2. The van der Waals surface area contributed by atoms with Crippen molar-refractivity contribution in [3.05, 3.63) is 52.7 Å². The quantitative estimate of drug-likeness (QED) is 0.766. The first-order valence-electron chi connectivity index (χ1n) is 10.8. The predicted octanol–water partition coefficient (Wildman–Crippen LogP) is 3.75. The van der Waals surface area contributed by atoms with Gasteiger partial charge in [0, 0.05) is 44.6 Å². The Hall–Kier alpha value is -2.70. The van der Waals surface area contributed by atoms with E-state index in [-0.39, 0.29) is 18.0 Å². The summed E-state index contributed by atoms with van der Waals surface area (Å²) < 4.78 is 18.7. The first-order chi connectivity index (χ1) is 14.5. The van der Waals surface area contributed by atoms with Gasteiger partial charge < -0.3 is 14.5 Å². The van der Waals surface area contributed by atoms with E-state index in [9.17, 15) is 9.18 Å². The van der Waals surface area contributed by atoms with Crippen LogP contribution in [0.1, 0.15) is 49.3 Å². The monoisotopic (exact) mass is 412 g/mol. The van der Waals surface area contributed by atoms with Crippen molar-refractivity contribution >= 4 is 11.9 Å². The van der Waals surface area contributed by atoms with Crippen molar-refractivity contribution in [1.82, 2.24) is 14.9 Å². The second-order valence-corrected chi connectivity index (χ2v) is 8.31. The number of carbonyl (C=O) groups excluding carboxylic acids is 1. The van der Waals surface area contributed by atoms with Crippen LogP contribution in [0, 0.1) is 5.82 Å². The second-order valence-electron chi connectivity index (χ2n) is 8.31. The molecule has 0 bridgehead atoms. The van der Waals surface area contributed by atoms with E-state index in [0.29, 0.717) is 25.9 Å². The maximum Gasteiger partial charge on any atom is 0.410 e. The molecule has 160 valence electrons. The van der Waals surface area contributed by atoms with E-state index in [4.69, 9.17) is 14.7 Å². The molecule has 2 aliphatic rings. The van der Waals surface area contributed by atoms with Crippen LogP contribution in [0.25, 0.3) is 0 Å². The molecule has 2 aliphatic heterocycles. The minimum atomic E-state index is -0.264. The number of hydrogen-bond acceptors (Lipinski definition) is 5. The largest absolute Gasteiger partial charge is 0.447 e. The van der Waals surface area contributed by atoms with Crippen LogP contribution in [0.3, 0.4) is 0 Å². The van der Waals surface area contributed by atoms with Crippen LogP contribution in [0.5, 0.6) is 0 Å². The summed E-state index contributed by atoms with van der Waals surface area (Å²) in [7, 11) is 0. The van der Waals surface area contributed by atoms with Crippen molar-refractivity contribution in [2.24, 2.45) is 0 Å². The van der Waals surface area contributed by atoms with Crippen molar-refractivity contribution in [2.45, 2.75) is 52.1 Å². The van der Waals surface area contributed by atoms with Gasteiger partial charge in [-0.2, -0.15) is 0 Å². The van der Waals surface area contributed by atoms with Crippen molar-refractivity contribution in [3.8, 4) is 0 Å². The average Bonchev–Trinajstić information content (AvgIpc) is 3.16. The summed E-state index contributed by atoms with van der Waals surface area (Å²) in [6.07, 6.45) is 3.91. The molecule has 0 spiro atoms. The van der Waals surface area contributed by atoms with E-state index in [1.807, 2.05) is 13.8 Å². The van der Waals surface area contributed by atoms with Gasteiger partial charge in [0.15, 0.2) is 0 Å². The molecule has 0 saturated carbocycles. The number of amides is 1. The highest BCUT2D eigenvalue weighted by atomic mass is 19.1. The number of ether oxygens (including phenoxy) is 1. The summed E-state index contributed by atoms with van der Waals surface area (Å²) in [5, 5.41) is 0. The summed E-state index contributed by atoms with van der Waals surface area (Å²) in [6, 6.07) is 6.50. The lowest BCUT2D eigenvalue weighted by molar-refractivity contribution is 0.0781. The number of nitrogens with zero attached hydrogens (tertiary/aromatic N) is 4. The van der Waals surface area contributed by atoms with Crippen LogP contribution >= 0.6 is 0 Å². The lowest BCUT2D eigenvalue weighted by atomic mass is 10.1. The molecule has 0 radical (unpaired) electrons. The molecule has 0 atom stereocenters. The number of hydrogen-bond donors (Lipinski definition) is 0. The van der Waals surface area contributed by atoms with Gasteiger partial charge in [0.25, 0.3) is 0 Å². The van der Waals surface area contributed by atoms with E-state index in [2.05, 4.69) is 4.90 Å². The summed E-state index contributed by atoms with van der Waals surface area (Å²) >= 11 is 0. The van der Waals surface area contributed by atoms with Gasteiger partial charge in [0.1, 0.15) is 17.5 Å². The summed E-state index contributed by atoms with van der Waals surface area (Å²) in [4.78, 5) is 26.3. The highest BCUT2D eigenvalue weighted by Crippen LogP contribution is 2.28. The van der Waals surface area contributed by atoms with Gasteiger partial charge in [-0.3, -0.25) is 0 Å². The Balaban J connectivity index is 1.61. The van der Waals surface area contributed by atoms with Gasteiger partial charge in [-0.1, -0.05) is 12.1 Å². The Morgan fingerprint density at radius 1 is 1.07 bits per heavy atom. The molecule has 6 nitrogen and oxygen atoms in total. The first kappa shape index (κ1) is 20.6. The summed E-state index contributed by atoms with van der Waals surface area (Å²) in [5.74, 6) is 1.52. The Morgan fingerprint density at radius 2 is 1.77 bits per heavy atom. The zero-order chi connectivity index (χ0) is 21.1. The van der Waals surface area contributed by atoms with E-state index < -0.39 is 0 Å². The fraction of sp³-hybridized carbons (Fsp3) is 0.522. The topological polar surface area (TPSA) is 58.6 Å². The SMILES string of the molecule is CC(C)OC(=O)N1CCc2nc(Cc3ccc(F)cc3)nc(N3CCCC3)c2CC1. The van der Waals surface area contributed by atoms with Crippen molar-refractivity contribution in [3.63, 3.8) is 0 Å². The Kier molecular flexibility index (Phi) is 6.16. The van der Waals surface area contributed by atoms with Crippen LogP contribution in [0.4, 0.5) is 15.0 Å². The van der Waals surface area contributed by atoms with Crippen molar-refractivity contribution in [1.29, 1.82) is 0 Å². The van der Waals surface area contributed by atoms with Crippen LogP contribution in [0.2, 0.25) is 0 Å². The van der Waals surface area contributed by atoms with Gasteiger partial charge in [-0.25, -0.2) is 19.2 Å². The third-order valence-electron chi connectivity index (χ3n) is 5.64. The highest BCUT2D eigenvalue weighted by molar-refractivity contribution is 5.68. The van der Waals surface area contributed by atoms with Crippen LogP contribution in [0.15, 0.2) is 24.3 Å². The molecular formula is C23H29FN4O2. The van der Waals surface area contributed by atoms with Crippen molar-refractivity contribution in [2.75, 3.05) is 31.1 Å². The molecule has 0 aliphatic carbocycles. The molecule has 0 N–H and O–H groups in total. The lowest BCUT2D eigenvalue weighted by Gasteiger charge is -2.22. The summed E-state index contributed by atoms with van der Waals surface area (Å²) in [6.45, 7) is 6.93. The second kappa shape index (κ2) is 8.98. The number of halogens is 1. The summed E-state index contributed by atoms with van der Waals surface area (Å²) in [5.41, 5.74) is 3.16. The third-order valence-corrected chi connectivity index (χ3v) is 5.64. The molecule has 1 aromatic carbocycles. The van der Waals surface area contributed by atoms with Gasteiger partial charge in [0.2, 0.25) is 0 Å². The number of fused-ring (bicyclic) bond motifs is 1. The molecule has 4 rings (SSSR count). The van der Waals surface area contributed by atoms with Crippen molar-refractivity contribution < 1.29 is 13.9 Å². The molecular weight excluding hydrogens is 383 g/mol. The first-order valence-corrected chi connectivity index (χ1v) is 10.8. The molecule has 0 unspecified atom stereocenters. The lowest BCUT2D eigenvalue weighted by Crippen LogP contribution is -2.35. The van der Waals surface area contributed by atoms with E-state index in [0.717, 1.165) is 48.0 Å². The number of benzene rings is 1. The smallest absolute Gasteiger partial charge is 0.410 e. The molecule has 30 heavy (non-hydrogen) atoms. The fourth-order valence-corrected chi connectivity index (χ4v) is 4.14. The minimum Gasteiger partial charge on any atom is -0.447 e. The van der Waals surface area contributed by atoms with E-state index in [1.54, 1.807) is 17.0 Å². The fourth-order valence-electron chi connectivity index (χ4n) is 4.14. The molecule has 7 heteroatoms. The number of anilines is 1. The molecule has 1 aromatic heterocycles. The van der Waals surface area contributed by atoms with Gasteiger partial charge in [-0.15, -0.1) is 0 Å². The van der Waals surface area contributed by atoms with E-state index >= 15 is 0 Å². The maximum absolute atomic E-state index is 13.3. The standard InChI is InChI=1S/C23H29FN4O2/c1-16(2)30-23(29)28-13-9-19-20(10-14-28)25-21(15-17-5-7-18(24)8-6-17)26-22(19)27-11-3-4-12-27/h5-8,16H,3-4,9-15H2,1-2H3. The molecule has 2 aromatic rings. The van der Waals surface area contributed by atoms with Gasteiger partial charge >= 0.3 is 6.09 Å². The number of rotatable bonds is 4. The normalized spacial score (nSPS) is 16.5. The van der Waals surface area contributed by atoms with Crippen LogP contribution < -0.4 is 4.90 Å². The van der Waals surface area contributed by atoms with Gasteiger partial charge in [0.05, 0.1) is 11.8 Å². The zero-order valence-electron chi connectivity index (χ0n) is 17.7. The van der Waals surface area contributed by atoms with Crippen LogP contribution in [-0.4, -0.2) is 53.2 Å². The Bertz CT molecular complexity index is 895. The molecule has 1 saturated heterocycles. The minimum absolute atomic E-state index is 0.134. The Labute approximate surface area is 177 Å². The van der Waals surface area contributed by atoms with Crippen LogP contribution in [-0.2, 0) is 24.0 Å². The van der Waals surface area contributed by atoms with E-state index in [1.165, 1.54) is 25.0 Å². The van der Waals surface area contributed by atoms with Gasteiger partial charge in [-0.05, 0) is 50.8 Å². The molecule has 1 fully saturated rings. The third kappa shape index (κ3) is 4.71. The molecule has 3 heterocycles. The highest BCUT2D eigenvalue weighted by Gasteiger charge is 2.27. The Morgan fingerprint density at radius 3 is 2.47 bits per heavy atom.